The Balaban J connectivity index is 2.38. The first-order valence-electron chi connectivity index (χ1n) is 6.12. The number of nitrogens with two attached hydrogens (primary N) is 1. The van der Waals surface area contributed by atoms with Crippen molar-refractivity contribution in [3.8, 4) is 0 Å². The molecule has 0 spiro atoms. The molecule has 3 N–H and O–H groups in total. The lowest BCUT2D eigenvalue weighted by molar-refractivity contribution is -0.135. The molecule has 0 aliphatic heterocycles. The van der Waals surface area contributed by atoms with Gasteiger partial charge in [-0.05, 0) is 42.5 Å². The van der Waals surface area contributed by atoms with Crippen molar-refractivity contribution in [3.05, 3.63) is 59.1 Å². The van der Waals surface area contributed by atoms with Gasteiger partial charge in [-0.2, -0.15) is 0 Å². The van der Waals surface area contributed by atoms with E-state index in [1.54, 1.807) is 48.5 Å². The number of nitrogens with zero attached hydrogens (tertiary/aromatic N) is 1. The van der Waals surface area contributed by atoms with Crippen LogP contribution in [0.5, 0.6) is 0 Å². The molecule has 0 saturated carbocycles. The minimum atomic E-state index is -1.11. The normalized spacial score (nSPS) is 10.1. The molecule has 1 amide bonds. The van der Waals surface area contributed by atoms with E-state index in [4.69, 9.17) is 22.4 Å². The van der Waals surface area contributed by atoms with Crippen LogP contribution in [0.1, 0.15) is 10.4 Å². The van der Waals surface area contributed by atoms with Gasteiger partial charge in [-0.3, -0.25) is 14.5 Å². The summed E-state index contributed by atoms with van der Waals surface area (Å²) in [6, 6.07) is 12.8. The lowest BCUT2D eigenvalue weighted by Crippen LogP contribution is -2.35. The molecular formula is C15H13ClN2O3. The molecule has 108 valence electrons. The highest BCUT2D eigenvalue weighted by atomic mass is 35.5. The van der Waals surface area contributed by atoms with Crippen LogP contribution in [0.25, 0.3) is 0 Å². The second-order valence-corrected chi connectivity index (χ2v) is 4.82. The van der Waals surface area contributed by atoms with Crippen LogP contribution in [-0.4, -0.2) is 23.5 Å². The number of amides is 1. The van der Waals surface area contributed by atoms with Crippen LogP contribution in [0.3, 0.4) is 0 Å². The maximum absolute atomic E-state index is 12.5. The van der Waals surface area contributed by atoms with E-state index in [2.05, 4.69) is 0 Å². The first kappa shape index (κ1) is 14.9. The molecule has 0 atom stereocenters. The fourth-order valence-electron chi connectivity index (χ4n) is 1.84. The fourth-order valence-corrected chi connectivity index (χ4v) is 2.03. The number of benzene rings is 2. The molecule has 0 aromatic heterocycles. The van der Waals surface area contributed by atoms with Gasteiger partial charge in [0.1, 0.15) is 6.54 Å². The number of halogens is 1. The largest absolute Gasteiger partial charge is 0.480 e. The number of anilines is 2. The summed E-state index contributed by atoms with van der Waals surface area (Å²) in [5.41, 5.74) is 6.88. The van der Waals surface area contributed by atoms with Gasteiger partial charge >= 0.3 is 5.97 Å². The van der Waals surface area contributed by atoms with Crippen LogP contribution in [0.2, 0.25) is 5.02 Å². The molecule has 0 saturated heterocycles. The van der Waals surface area contributed by atoms with E-state index in [9.17, 15) is 9.59 Å². The molecule has 6 heteroatoms. The van der Waals surface area contributed by atoms with Crippen molar-refractivity contribution in [1.82, 2.24) is 0 Å². The third-order valence-corrected chi connectivity index (χ3v) is 3.05. The van der Waals surface area contributed by atoms with Crippen LogP contribution in [-0.2, 0) is 4.79 Å². The van der Waals surface area contributed by atoms with E-state index in [0.29, 0.717) is 22.0 Å². The van der Waals surface area contributed by atoms with E-state index >= 15 is 0 Å². The molecule has 0 unspecified atom stereocenters. The third-order valence-electron chi connectivity index (χ3n) is 2.82. The molecular weight excluding hydrogens is 292 g/mol. The van der Waals surface area contributed by atoms with Gasteiger partial charge in [0.05, 0.1) is 0 Å². The maximum atomic E-state index is 12.5. The molecule has 0 heterocycles. The molecule has 5 nitrogen and oxygen atoms in total. The minimum absolute atomic E-state index is 0.352. The number of rotatable bonds is 4. The number of carboxylic acid groups (broad SMARTS) is 1. The molecule has 0 radical (unpaired) electrons. The Morgan fingerprint density at radius 3 is 2.38 bits per heavy atom. The van der Waals surface area contributed by atoms with Gasteiger partial charge in [0, 0.05) is 22.0 Å². The number of carboxylic acids is 1. The zero-order valence-electron chi connectivity index (χ0n) is 11.0. The zero-order valence-corrected chi connectivity index (χ0v) is 11.7. The first-order chi connectivity index (χ1) is 9.97. The Morgan fingerprint density at radius 1 is 1.14 bits per heavy atom. The monoisotopic (exact) mass is 304 g/mol. The highest BCUT2D eigenvalue weighted by Crippen LogP contribution is 2.21. The van der Waals surface area contributed by atoms with E-state index < -0.39 is 18.4 Å². The molecule has 0 bridgehead atoms. The zero-order chi connectivity index (χ0) is 15.4. The van der Waals surface area contributed by atoms with E-state index in [-0.39, 0.29) is 0 Å². The average Bonchev–Trinajstić information content (AvgIpc) is 2.44. The van der Waals surface area contributed by atoms with Crippen molar-refractivity contribution in [2.24, 2.45) is 0 Å². The lowest BCUT2D eigenvalue weighted by Gasteiger charge is -2.21. The van der Waals surface area contributed by atoms with Crippen LogP contribution >= 0.6 is 11.6 Å². The van der Waals surface area contributed by atoms with Crippen molar-refractivity contribution < 1.29 is 14.7 Å². The summed E-state index contributed by atoms with van der Waals surface area (Å²) in [6.45, 7) is -0.455. The van der Waals surface area contributed by atoms with Crippen molar-refractivity contribution in [2.45, 2.75) is 0 Å². The van der Waals surface area contributed by atoms with Gasteiger partial charge in [0.2, 0.25) is 0 Å². The molecule has 0 aliphatic carbocycles. The van der Waals surface area contributed by atoms with E-state index in [1.165, 1.54) is 0 Å². The molecule has 2 aromatic rings. The summed E-state index contributed by atoms with van der Waals surface area (Å²) in [4.78, 5) is 24.6. The number of hydrogen-bond acceptors (Lipinski definition) is 3. The Morgan fingerprint density at radius 2 is 1.81 bits per heavy atom. The molecule has 2 aromatic carbocycles. The van der Waals surface area contributed by atoms with Gasteiger partial charge in [-0.15, -0.1) is 0 Å². The second kappa shape index (κ2) is 6.28. The van der Waals surface area contributed by atoms with Gasteiger partial charge in [0.15, 0.2) is 0 Å². The topological polar surface area (TPSA) is 83.6 Å². The van der Waals surface area contributed by atoms with Crippen LogP contribution in [0.15, 0.2) is 48.5 Å². The van der Waals surface area contributed by atoms with Gasteiger partial charge in [0.25, 0.3) is 5.91 Å². The van der Waals surface area contributed by atoms with Crippen LogP contribution < -0.4 is 10.6 Å². The summed E-state index contributed by atoms with van der Waals surface area (Å²) in [5, 5.41) is 9.43. The van der Waals surface area contributed by atoms with Gasteiger partial charge in [-0.1, -0.05) is 17.7 Å². The van der Waals surface area contributed by atoms with Crippen molar-refractivity contribution in [1.29, 1.82) is 0 Å². The lowest BCUT2D eigenvalue weighted by atomic mass is 10.1. The summed E-state index contributed by atoms with van der Waals surface area (Å²) in [6.07, 6.45) is 0. The van der Waals surface area contributed by atoms with Crippen molar-refractivity contribution in [3.63, 3.8) is 0 Å². The predicted molar refractivity (Wildman–Crippen MR) is 81.6 cm³/mol. The summed E-state index contributed by atoms with van der Waals surface area (Å²) in [5.74, 6) is -1.54. The molecule has 2 rings (SSSR count). The van der Waals surface area contributed by atoms with E-state index in [1.807, 2.05) is 0 Å². The van der Waals surface area contributed by atoms with Crippen molar-refractivity contribution >= 4 is 34.9 Å². The molecule has 21 heavy (non-hydrogen) atoms. The standard InChI is InChI=1S/C15H13ClN2O3/c16-11-2-1-3-13(8-11)18(9-14(19)20)15(21)10-4-6-12(17)7-5-10/h1-8H,9,17H2,(H,19,20). The Labute approximate surface area is 126 Å². The first-order valence-corrected chi connectivity index (χ1v) is 6.50. The number of carbonyl (C=O) groups excluding carboxylic acids is 1. The van der Waals surface area contributed by atoms with E-state index in [0.717, 1.165) is 4.90 Å². The smallest absolute Gasteiger partial charge is 0.323 e. The highest BCUT2D eigenvalue weighted by Gasteiger charge is 2.20. The number of carbonyl (C=O) groups is 2. The molecule has 0 aliphatic rings. The Bertz CT molecular complexity index is 671. The second-order valence-electron chi connectivity index (χ2n) is 4.39. The van der Waals surface area contributed by atoms with Crippen molar-refractivity contribution in [2.75, 3.05) is 17.2 Å². The Hall–Kier alpha value is -2.53. The average molecular weight is 305 g/mol. The van der Waals surface area contributed by atoms with Crippen LogP contribution in [0.4, 0.5) is 11.4 Å². The summed E-state index contributed by atoms with van der Waals surface area (Å²) < 4.78 is 0. The quantitative estimate of drug-likeness (QED) is 0.851. The van der Waals surface area contributed by atoms with Gasteiger partial charge in [-0.25, -0.2) is 0 Å². The fraction of sp³-hybridized carbons (Fsp3) is 0.0667. The third kappa shape index (κ3) is 3.73. The highest BCUT2D eigenvalue weighted by molar-refractivity contribution is 6.31. The SMILES string of the molecule is Nc1ccc(C(=O)N(CC(=O)O)c2cccc(Cl)c2)cc1. The maximum Gasteiger partial charge on any atom is 0.323 e. The number of hydrogen-bond donors (Lipinski definition) is 2. The van der Waals surface area contributed by atoms with Crippen LogP contribution in [0, 0.1) is 0 Å². The number of nitrogen functional groups attached to an aromatic ring is 1. The Kier molecular flexibility index (Phi) is 4.45. The summed E-state index contributed by atoms with van der Waals surface area (Å²) >= 11 is 5.90. The number of aliphatic carboxylic acids is 1. The molecule has 0 fully saturated rings. The minimum Gasteiger partial charge on any atom is -0.480 e. The van der Waals surface area contributed by atoms with Gasteiger partial charge < -0.3 is 10.8 Å². The summed E-state index contributed by atoms with van der Waals surface area (Å²) in [7, 11) is 0. The predicted octanol–water partition coefficient (Wildman–Crippen LogP) is 2.65.